The normalized spacial score (nSPS) is 10.8. The van der Waals surface area contributed by atoms with Crippen LogP contribution < -0.4 is 19.8 Å². The quantitative estimate of drug-likeness (QED) is 0.177. The van der Waals surface area contributed by atoms with Crippen LogP contribution in [0.4, 0.5) is 5.69 Å². The van der Waals surface area contributed by atoms with Crippen molar-refractivity contribution < 1.29 is 14.3 Å². The molecule has 0 aliphatic rings. The first-order valence-electron chi connectivity index (χ1n) is 12.8. The molecule has 4 aromatic carbocycles. The number of nitrogens with one attached hydrogen (secondary N) is 1. The molecule has 1 amide bonds. The molecule has 0 radical (unpaired) electrons. The van der Waals surface area contributed by atoms with Gasteiger partial charge in [-0.25, -0.2) is 5.43 Å². The van der Waals surface area contributed by atoms with E-state index in [1.54, 1.807) is 6.21 Å². The van der Waals surface area contributed by atoms with Crippen molar-refractivity contribution in [2.75, 3.05) is 18.0 Å². The minimum Gasteiger partial charge on any atom is -0.485 e. The first kappa shape index (κ1) is 26.5. The van der Waals surface area contributed by atoms with Gasteiger partial charge in [-0.05, 0) is 73.0 Å². The fourth-order valence-corrected chi connectivity index (χ4v) is 3.95. The van der Waals surface area contributed by atoms with Crippen LogP contribution in [-0.2, 0) is 13.2 Å². The van der Waals surface area contributed by atoms with Gasteiger partial charge >= 0.3 is 0 Å². The van der Waals surface area contributed by atoms with Crippen molar-refractivity contribution in [2.45, 2.75) is 27.1 Å². The van der Waals surface area contributed by atoms with Crippen molar-refractivity contribution in [1.29, 1.82) is 0 Å². The molecular weight excluding hydrogens is 474 g/mol. The molecule has 0 heterocycles. The Hall–Kier alpha value is -4.58. The predicted molar refractivity (Wildman–Crippen MR) is 153 cm³/mol. The highest BCUT2D eigenvalue weighted by Gasteiger charge is 2.09. The molecule has 4 aromatic rings. The molecule has 0 saturated heterocycles. The van der Waals surface area contributed by atoms with Crippen molar-refractivity contribution in [3.8, 4) is 11.5 Å². The number of amides is 1. The van der Waals surface area contributed by atoms with E-state index in [-0.39, 0.29) is 5.91 Å². The highest BCUT2D eigenvalue weighted by atomic mass is 16.5. The molecule has 0 bridgehead atoms. The van der Waals surface area contributed by atoms with E-state index in [2.05, 4.69) is 29.3 Å². The van der Waals surface area contributed by atoms with E-state index in [1.807, 2.05) is 103 Å². The fourth-order valence-electron chi connectivity index (χ4n) is 3.95. The second-order valence-electron chi connectivity index (χ2n) is 8.67. The van der Waals surface area contributed by atoms with Crippen LogP contribution in [0.25, 0.3) is 0 Å². The van der Waals surface area contributed by atoms with Crippen molar-refractivity contribution in [1.82, 2.24) is 5.43 Å². The van der Waals surface area contributed by atoms with Crippen LogP contribution in [0.15, 0.2) is 108 Å². The first-order chi connectivity index (χ1) is 18.7. The molecule has 6 heteroatoms. The summed E-state index contributed by atoms with van der Waals surface area (Å²) in [6, 6.07) is 33.1. The number of hydrogen-bond acceptors (Lipinski definition) is 5. The molecule has 1 N–H and O–H groups in total. The Bertz CT molecular complexity index is 1320. The second-order valence-corrected chi connectivity index (χ2v) is 8.67. The lowest BCUT2D eigenvalue weighted by Gasteiger charge is -2.20. The van der Waals surface area contributed by atoms with Crippen LogP contribution in [0.3, 0.4) is 0 Å². The molecule has 0 unspecified atom stereocenters. The molecule has 0 aliphatic carbocycles. The Morgan fingerprint density at radius 2 is 1.34 bits per heavy atom. The molecule has 194 valence electrons. The fraction of sp³-hybridized carbons (Fsp3) is 0.188. The summed E-state index contributed by atoms with van der Waals surface area (Å²) in [5, 5.41) is 4.16. The van der Waals surface area contributed by atoms with Gasteiger partial charge in [0, 0.05) is 24.3 Å². The first-order valence-corrected chi connectivity index (χ1v) is 12.8. The Morgan fingerprint density at radius 1 is 0.763 bits per heavy atom. The van der Waals surface area contributed by atoms with E-state index in [9.17, 15) is 4.79 Å². The standard InChI is InChI=1S/C32H33N3O3/c1-3-35(4-2)29-18-16-28(17-19-29)32(36)34-33-22-27-15-20-30(37-23-25-11-7-5-8-12-25)31(21-27)38-24-26-13-9-6-10-14-26/h5-22H,3-4,23-24H2,1-2H3,(H,34,36)/b33-22+. The lowest BCUT2D eigenvalue weighted by atomic mass is 10.2. The summed E-state index contributed by atoms with van der Waals surface area (Å²) in [6.45, 7) is 6.89. The zero-order valence-electron chi connectivity index (χ0n) is 21.8. The Kier molecular flexibility index (Phi) is 9.51. The molecule has 0 spiro atoms. The molecule has 0 fully saturated rings. The smallest absolute Gasteiger partial charge is 0.271 e. The molecule has 0 aromatic heterocycles. The number of carbonyl (C=O) groups is 1. The molecule has 4 rings (SSSR count). The third kappa shape index (κ3) is 7.46. The van der Waals surface area contributed by atoms with Gasteiger partial charge in [0.05, 0.1) is 6.21 Å². The van der Waals surface area contributed by atoms with Crippen molar-refractivity contribution >= 4 is 17.8 Å². The highest BCUT2D eigenvalue weighted by Crippen LogP contribution is 2.29. The van der Waals surface area contributed by atoms with Gasteiger partial charge in [-0.15, -0.1) is 0 Å². The lowest BCUT2D eigenvalue weighted by Crippen LogP contribution is -2.22. The molecule has 0 aliphatic heterocycles. The van der Waals surface area contributed by atoms with Gasteiger partial charge in [-0.1, -0.05) is 60.7 Å². The maximum Gasteiger partial charge on any atom is 0.271 e. The number of carbonyl (C=O) groups excluding carboxylic acids is 1. The van der Waals surface area contributed by atoms with E-state index >= 15 is 0 Å². The van der Waals surface area contributed by atoms with Crippen LogP contribution in [0, 0.1) is 0 Å². The van der Waals surface area contributed by atoms with Crippen molar-refractivity contribution in [3.05, 3.63) is 125 Å². The minimum absolute atomic E-state index is 0.268. The summed E-state index contributed by atoms with van der Waals surface area (Å²) in [5.41, 5.74) is 7.15. The number of ether oxygens (including phenoxy) is 2. The van der Waals surface area contributed by atoms with E-state index in [0.717, 1.165) is 35.5 Å². The van der Waals surface area contributed by atoms with Crippen molar-refractivity contribution in [2.24, 2.45) is 5.10 Å². The zero-order valence-corrected chi connectivity index (χ0v) is 21.8. The largest absolute Gasteiger partial charge is 0.485 e. The molecule has 0 saturated carbocycles. The summed E-state index contributed by atoms with van der Waals surface area (Å²) >= 11 is 0. The number of rotatable bonds is 12. The van der Waals surface area contributed by atoms with Gasteiger partial charge < -0.3 is 14.4 Å². The highest BCUT2D eigenvalue weighted by molar-refractivity contribution is 5.95. The maximum atomic E-state index is 12.6. The van der Waals surface area contributed by atoms with Gasteiger partial charge in [0.15, 0.2) is 11.5 Å². The van der Waals surface area contributed by atoms with Gasteiger partial charge in [0.1, 0.15) is 13.2 Å². The van der Waals surface area contributed by atoms with E-state index in [0.29, 0.717) is 30.3 Å². The molecule has 38 heavy (non-hydrogen) atoms. The summed E-state index contributed by atoms with van der Waals surface area (Å²) < 4.78 is 12.2. The number of hydrazone groups is 1. The van der Waals surface area contributed by atoms with E-state index in [1.165, 1.54) is 0 Å². The summed E-state index contributed by atoms with van der Waals surface area (Å²) in [7, 11) is 0. The SMILES string of the molecule is CCN(CC)c1ccc(C(=O)N/N=C/c2ccc(OCc3ccccc3)c(OCc3ccccc3)c2)cc1. The third-order valence-corrected chi connectivity index (χ3v) is 6.08. The Balaban J connectivity index is 1.43. The van der Waals surface area contributed by atoms with Crippen LogP contribution in [0.1, 0.15) is 40.9 Å². The Labute approximate surface area is 224 Å². The average Bonchev–Trinajstić information content (AvgIpc) is 2.97. The van der Waals surface area contributed by atoms with Crippen molar-refractivity contribution in [3.63, 3.8) is 0 Å². The van der Waals surface area contributed by atoms with E-state index < -0.39 is 0 Å². The number of hydrogen-bond donors (Lipinski definition) is 1. The van der Waals surface area contributed by atoms with Gasteiger partial charge in [0.25, 0.3) is 5.91 Å². The maximum absolute atomic E-state index is 12.6. The minimum atomic E-state index is -0.268. The number of nitrogens with zero attached hydrogens (tertiary/aromatic N) is 2. The Morgan fingerprint density at radius 3 is 1.92 bits per heavy atom. The van der Waals surface area contributed by atoms with Crippen LogP contribution in [0.2, 0.25) is 0 Å². The van der Waals surface area contributed by atoms with Crippen LogP contribution in [-0.4, -0.2) is 25.2 Å². The molecular formula is C32H33N3O3. The third-order valence-electron chi connectivity index (χ3n) is 6.08. The van der Waals surface area contributed by atoms with Crippen LogP contribution in [0.5, 0.6) is 11.5 Å². The summed E-state index contributed by atoms with van der Waals surface area (Å²) in [4.78, 5) is 14.8. The zero-order chi connectivity index (χ0) is 26.6. The monoisotopic (exact) mass is 507 g/mol. The topological polar surface area (TPSA) is 63.2 Å². The number of anilines is 1. The second kappa shape index (κ2) is 13.7. The molecule has 6 nitrogen and oxygen atoms in total. The summed E-state index contributed by atoms with van der Waals surface area (Å²) in [6.07, 6.45) is 1.60. The van der Waals surface area contributed by atoms with Crippen LogP contribution >= 0.6 is 0 Å². The van der Waals surface area contributed by atoms with Gasteiger partial charge in [-0.2, -0.15) is 5.10 Å². The molecule has 0 atom stereocenters. The summed E-state index contributed by atoms with van der Waals surface area (Å²) in [5.74, 6) is 0.974. The predicted octanol–water partition coefficient (Wildman–Crippen LogP) is 6.45. The number of benzene rings is 4. The van der Waals surface area contributed by atoms with Gasteiger partial charge in [0.2, 0.25) is 0 Å². The average molecular weight is 508 g/mol. The van der Waals surface area contributed by atoms with Gasteiger partial charge in [-0.3, -0.25) is 4.79 Å². The van der Waals surface area contributed by atoms with E-state index in [4.69, 9.17) is 9.47 Å². The lowest BCUT2D eigenvalue weighted by molar-refractivity contribution is 0.0955.